The summed E-state index contributed by atoms with van der Waals surface area (Å²) in [4.78, 5) is 28.2. The van der Waals surface area contributed by atoms with Crippen LogP contribution < -0.4 is 10.6 Å². The normalized spacial score (nSPS) is 17.4. The summed E-state index contributed by atoms with van der Waals surface area (Å²) < 4.78 is 32.5. The molecule has 29 heavy (non-hydrogen) atoms. The summed E-state index contributed by atoms with van der Waals surface area (Å²) in [5.74, 6) is -1.70. The number of amides is 2. The van der Waals surface area contributed by atoms with Gasteiger partial charge >= 0.3 is 11.8 Å². The Morgan fingerprint density at radius 1 is 1.07 bits per heavy atom. The number of nitrogens with one attached hydrogen (secondary N) is 2. The number of benzene rings is 1. The highest BCUT2D eigenvalue weighted by molar-refractivity contribution is 7.89. The summed E-state index contributed by atoms with van der Waals surface area (Å²) in [6.45, 7) is 0.611. The minimum atomic E-state index is -3.78. The van der Waals surface area contributed by atoms with Gasteiger partial charge in [0.25, 0.3) is 0 Å². The minimum absolute atomic E-state index is 0.113. The SMILES string of the molecule is O=C(NCc1ccccn1)C(=O)NCC1OCCCN1S(=O)(=O)c1ccccc1. The number of carbonyl (C=O) groups is 2. The molecule has 0 bridgehead atoms. The smallest absolute Gasteiger partial charge is 0.309 e. The molecule has 1 unspecified atom stereocenters. The number of hydrogen-bond donors (Lipinski definition) is 2. The van der Waals surface area contributed by atoms with Crippen molar-refractivity contribution in [2.75, 3.05) is 19.7 Å². The lowest BCUT2D eigenvalue weighted by atomic mass is 10.3. The molecular weight excluding hydrogens is 396 g/mol. The lowest BCUT2D eigenvalue weighted by Gasteiger charge is -2.34. The third-order valence-corrected chi connectivity index (χ3v) is 6.21. The van der Waals surface area contributed by atoms with Crippen LogP contribution in [-0.4, -0.2) is 55.4 Å². The Morgan fingerprint density at radius 3 is 2.52 bits per heavy atom. The van der Waals surface area contributed by atoms with Gasteiger partial charge in [0.05, 0.1) is 30.3 Å². The molecule has 0 saturated carbocycles. The van der Waals surface area contributed by atoms with Crippen molar-refractivity contribution in [3.05, 3.63) is 60.4 Å². The van der Waals surface area contributed by atoms with E-state index in [4.69, 9.17) is 4.74 Å². The second-order valence-corrected chi connectivity index (χ2v) is 8.21. The first-order chi connectivity index (χ1) is 14.0. The molecule has 9 nitrogen and oxygen atoms in total. The molecular formula is C19H22N4O5S. The summed E-state index contributed by atoms with van der Waals surface area (Å²) in [7, 11) is -3.78. The number of carbonyl (C=O) groups excluding carboxylic acids is 2. The quantitative estimate of drug-likeness (QED) is 0.650. The van der Waals surface area contributed by atoms with Gasteiger partial charge in [0, 0.05) is 12.7 Å². The first-order valence-corrected chi connectivity index (χ1v) is 10.6. The fourth-order valence-corrected chi connectivity index (χ4v) is 4.43. The lowest BCUT2D eigenvalue weighted by Crippen LogP contribution is -2.53. The van der Waals surface area contributed by atoms with Gasteiger partial charge in [-0.3, -0.25) is 14.6 Å². The van der Waals surface area contributed by atoms with Crippen molar-refractivity contribution < 1.29 is 22.7 Å². The van der Waals surface area contributed by atoms with Crippen LogP contribution in [0.4, 0.5) is 0 Å². The summed E-state index contributed by atoms with van der Waals surface area (Å²) in [6.07, 6.45) is 1.24. The molecule has 3 rings (SSSR count). The van der Waals surface area contributed by atoms with Gasteiger partial charge in [-0.2, -0.15) is 4.31 Å². The van der Waals surface area contributed by atoms with Crippen molar-refractivity contribution >= 4 is 21.8 Å². The molecule has 2 N–H and O–H groups in total. The molecule has 1 aliphatic heterocycles. The maximum atomic E-state index is 12.9. The van der Waals surface area contributed by atoms with Crippen LogP contribution in [0.25, 0.3) is 0 Å². The predicted octanol–water partition coefficient (Wildman–Crippen LogP) is 0.251. The summed E-state index contributed by atoms with van der Waals surface area (Å²) in [5, 5.41) is 4.91. The van der Waals surface area contributed by atoms with E-state index >= 15 is 0 Å². The Labute approximate surface area is 169 Å². The van der Waals surface area contributed by atoms with Crippen molar-refractivity contribution in [1.29, 1.82) is 0 Å². The minimum Gasteiger partial charge on any atom is -0.360 e. The van der Waals surface area contributed by atoms with Gasteiger partial charge in [-0.25, -0.2) is 8.42 Å². The predicted molar refractivity (Wildman–Crippen MR) is 104 cm³/mol. The Kier molecular flexibility index (Phi) is 6.91. The first kappa shape index (κ1) is 20.9. The number of rotatable bonds is 6. The van der Waals surface area contributed by atoms with E-state index in [-0.39, 0.29) is 24.5 Å². The molecule has 1 atom stereocenters. The van der Waals surface area contributed by atoms with E-state index in [1.807, 2.05) is 0 Å². The van der Waals surface area contributed by atoms with E-state index < -0.39 is 28.1 Å². The Morgan fingerprint density at radius 2 is 1.79 bits per heavy atom. The Hall–Kier alpha value is -2.82. The maximum absolute atomic E-state index is 12.9. The van der Waals surface area contributed by atoms with Crippen molar-refractivity contribution in [3.63, 3.8) is 0 Å². The molecule has 1 fully saturated rings. The molecule has 0 aliphatic carbocycles. The zero-order valence-electron chi connectivity index (χ0n) is 15.7. The Bertz CT molecular complexity index is 938. The molecule has 1 aliphatic rings. The second-order valence-electron chi connectivity index (χ2n) is 6.32. The van der Waals surface area contributed by atoms with Crippen LogP contribution >= 0.6 is 0 Å². The van der Waals surface area contributed by atoms with Crippen LogP contribution in [0.2, 0.25) is 0 Å². The third kappa shape index (κ3) is 5.37. The zero-order valence-corrected chi connectivity index (χ0v) is 16.5. The van der Waals surface area contributed by atoms with Gasteiger partial charge in [-0.05, 0) is 30.7 Å². The molecule has 0 spiro atoms. The summed E-state index contributed by atoms with van der Waals surface area (Å²) in [5.41, 5.74) is 0.615. The number of aromatic nitrogens is 1. The monoisotopic (exact) mass is 418 g/mol. The first-order valence-electron chi connectivity index (χ1n) is 9.13. The third-order valence-electron chi connectivity index (χ3n) is 4.30. The fraction of sp³-hybridized carbons (Fsp3) is 0.316. The highest BCUT2D eigenvalue weighted by Crippen LogP contribution is 2.21. The Balaban J connectivity index is 1.57. The highest BCUT2D eigenvalue weighted by Gasteiger charge is 2.34. The average Bonchev–Trinajstić information content (AvgIpc) is 2.77. The van der Waals surface area contributed by atoms with Crippen molar-refractivity contribution in [2.24, 2.45) is 0 Å². The fourth-order valence-electron chi connectivity index (χ4n) is 2.84. The van der Waals surface area contributed by atoms with Crippen molar-refractivity contribution in [2.45, 2.75) is 24.1 Å². The van der Waals surface area contributed by atoms with Crippen LogP contribution in [-0.2, 0) is 30.9 Å². The zero-order chi connectivity index (χ0) is 20.7. The van der Waals surface area contributed by atoms with Crippen molar-refractivity contribution in [3.8, 4) is 0 Å². The van der Waals surface area contributed by atoms with E-state index in [0.29, 0.717) is 18.7 Å². The number of hydrogen-bond acceptors (Lipinski definition) is 6. The van der Waals surface area contributed by atoms with Gasteiger partial charge in [0.2, 0.25) is 10.0 Å². The molecule has 1 aromatic carbocycles. The van der Waals surface area contributed by atoms with Gasteiger partial charge in [-0.15, -0.1) is 0 Å². The van der Waals surface area contributed by atoms with E-state index in [0.717, 1.165) is 0 Å². The van der Waals surface area contributed by atoms with Crippen LogP contribution in [0.15, 0.2) is 59.6 Å². The lowest BCUT2D eigenvalue weighted by molar-refractivity contribution is -0.140. The van der Waals surface area contributed by atoms with Crippen LogP contribution in [0, 0.1) is 0 Å². The molecule has 2 aromatic rings. The molecule has 10 heteroatoms. The standard InChI is InChI=1S/C19H22N4O5S/c24-18(21-13-15-7-4-5-10-20-15)19(25)22-14-17-23(11-6-12-28-17)29(26,27)16-8-2-1-3-9-16/h1-5,7-10,17H,6,11-14H2,(H,21,24)(H,22,25). The van der Waals surface area contributed by atoms with Gasteiger partial charge in [-0.1, -0.05) is 24.3 Å². The average molecular weight is 418 g/mol. The molecule has 0 radical (unpaired) electrons. The van der Waals surface area contributed by atoms with Crippen LogP contribution in [0.5, 0.6) is 0 Å². The number of sulfonamides is 1. The molecule has 1 aromatic heterocycles. The molecule has 2 amide bonds. The van der Waals surface area contributed by atoms with E-state index in [2.05, 4.69) is 15.6 Å². The van der Waals surface area contributed by atoms with Gasteiger partial charge in [0.15, 0.2) is 0 Å². The topological polar surface area (TPSA) is 118 Å². The van der Waals surface area contributed by atoms with E-state index in [1.54, 1.807) is 42.6 Å². The van der Waals surface area contributed by atoms with E-state index in [9.17, 15) is 18.0 Å². The second kappa shape index (κ2) is 9.59. The molecule has 154 valence electrons. The van der Waals surface area contributed by atoms with Crippen LogP contribution in [0.1, 0.15) is 12.1 Å². The number of ether oxygens (including phenoxy) is 1. The highest BCUT2D eigenvalue weighted by atomic mass is 32.2. The number of pyridine rings is 1. The van der Waals surface area contributed by atoms with E-state index in [1.165, 1.54) is 16.4 Å². The molecule has 2 heterocycles. The van der Waals surface area contributed by atoms with Crippen molar-refractivity contribution in [1.82, 2.24) is 19.9 Å². The van der Waals surface area contributed by atoms with Crippen LogP contribution in [0.3, 0.4) is 0 Å². The molecule has 1 saturated heterocycles. The van der Waals surface area contributed by atoms with Gasteiger partial charge < -0.3 is 15.4 Å². The largest absolute Gasteiger partial charge is 0.360 e. The van der Waals surface area contributed by atoms with Gasteiger partial charge in [0.1, 0.15) is 6.23 Å². The summed E-state index contributed by atoms with van der Waals surface area (Å²) in [6, 6.07) is 13.3. The maximum Gasteiger partial charge on any atom is 0.309 e. The summed E-state index contributed by atoms with van der Waals surface area (Å²) >= 11 is 0. The number of nitrogens with zero attached hydrogens (tertiary/aromatic N) is 2.